The van der Waals surface area contributed by atoms with Crippen LogP contribution in [0.4, 0.5) is 0 Å². The Morgan fingerprint density at radius 1 is 0.952 bits per heavy atom. The molecule has 2 N–H and O–H groups in total. The molecule has 0 aliphatic rings. The molecule has 1 heterocycles. The number of hydrogen-bond acceptors (Lipinski definition) is 4. The summed E-state index contributed by atoms with van der Waals surface area (Å²) in [5.41, 5.74) is 8.00. The van der Waals surface area contributed by atoms with Crippen molar-refractivity contribution < 1.29 is 13.9 Å². The van der Waals surface area contributed by atoms with E-state index in [4.69, 9.17) is 19.6 Å². The second kappa shape index (κ2) is 5.50. The second-order valence-electron chi connectivity index (χ2n) is 4.81. The lowest BCUT2D eigenvalue weighted by atomic mass is 10.0. The standard InChI is InChI=1S/C17H17NO3/c1-19-13-5-3-4-12(8-13)17(18)16-9-11-6-7-14(20-2)10-15(11)21-16/h3-10,17H,18H2,1-2H3. The van der Waals surface area contributed by atoms with Crippen LogP contribution in [0, 0.1) is 0 Å². The van der Waals surface area contributed by atoms with Gasteiger partial charge in [0.15, 0.2) is 0 Å². The van der Waals surface area contributed by atoms with Crippen LogP contribution < -0.4 is 15.2 Å². The van der Waals surface area contributed by atoms with Gasteiger partial charge in [-0.2, -0.15) is 0 Å². The van der Waals surface area contributed by atoms with Gasteiger partial charge in [0.25, 0.3) is 0 Å². The van der Waals surface area contributed by atoms with Crippen LogP contribution in [0.1, 0.15) is 17.4 Å². The quantitative estimate of drug-likeness (QED) is 0.796. The molecule has 0 bridgehead atoms. The molecule has 1 unspecified atom stereocenters. The highest BCUT2D eigenvalue weighted by molar-refractivity contribution is 5.79. The number of methoxy groups -OCH3 is 2. The van der Waals surface area contributed by atoms with E-state index in [0.29, 0.717) is 5.76 Å². The van der Waals surface area contributed by atoms with Gasteiger partial charge in [0.05, 0.1) is 20.3 Å². The van der Waals surface area contributed by atoms with Crippen molar-refractivity contribution in [2.75, 3.05) is 14.2 Å². The van der Waals surface area contributed by atoms with Crippen LogP contribution in [-0.2, 0) is 0 Å². The van der Waals surface area contributed by atoms with Gasteiger partial charge in [0.2, 0.25) is 0 Å². The molecule has 0 fully saturated rings. The highest BCUT2D eigenvalue weighted by Gasteiger charge is 2.15. The van der Waals surface area contributed by atoms with Gasteiger partial charge in [0.1, 0.15) is 22.8 Å². The molecular formula is C17H17NO3. The van der Waals surface area contributed by atoms with E-state index in [2.05, 4.69) is 0 Å². The minimum Gasteiger partial charge on any atom is -0.497 e. The molecule has 0 radical (unpaired) electrons. The van der Waals surface area contributed by atoms with Gasteiger partial charge in [-0.1, -0.05) is 12.1 Å². The van der Waals surface area contributed by atoms with E-state index in [-0.39, 0.29) is 6.04 Å². The lowest BCUT2D eigenvalue weighted by Crippen LogP contribution is -2.10. The van der Waals surface area contributed by atoms with Crippen molar-refractivity contribution >= 4 is 11.0 Å². The number of ether oxygens (including phenoxy) is 2. The lowest BCUT2D eigenvalue weighted by molar-refractivity contribution is 0.413. The highest BCUT2D eigenvalue weighted by Crippen LogP contribution is 2.30. The first-order valence-electron chi connectivity index (χ1n) is 6.68. The fourth-order valence-electron chi connectivity index (χ4n) is 2.31. The van der Waals surface area contributed by atoms with Crippen molar-refractivity contribution in [3.05, 3.63) is 59.9 Å². The molecule has 3 aromatic rings. The van der Waals surface area contributed by atoms with Gasteiger partial charge in [-0.3, -0.25) is 0 Å². The molecule has 0 spiro atoms. The molecule has 3 rings (SSSR count). The molecule has 21 heavy (non-hydrogen) atoms. The van der Waals surface area contributed by atoms with Crippen LogP contribution in [0.15, 0.2) is 52.9 Å². The Balaban J connectivity index is 1.98. The Kier molecular flexibility index (Phi) is 3.54. The molecular weight excluding hydrogens is 266 g/mol. The first kappa shape index (κ1) is 13.5. The van der Waals surface area contributed by atoms with Crippen LogP contribution >= 0.6 is 0 Å². The number of nitrogens with two attached hydrogens (primary N) is 1. The summed E-state index contributed by atoms with van der Waals surface area (Å²) < 4.78 is 16.3. The molecule has 1 aromatic heterocycles. The molecule has 0 aliphatic heterocycles. The Morgan fingerprint density at radius 2 is 1.71 bits per heavy atom. The predicted octanol–water partition coefficient (Wildman–Crippen LogP) is 3.50. The third-order valence-electron chi connectivity index (χ3n) is 3.51. The molecule has 0 aliphatic carbocycles. The minimum absolute atomic E-state index is 0.335. The van der Waals surface area contributed by atoms with E-state index in [1.807, 2.05) is 48.5 Å². The highest BCUT2D eigenvalue weighted by atomic mass is 16.5. The molecule has 1 atom stereocenters. The van der Waals surface area contributed by atoms with Gasteiger partial charge in [0, 0.05) is 11.5 Å². The number of hydrogen-bond donors (Lipinski definition) is 1. The molecule has 0 saturated heterocycles. The van der Waals surface area contributed by atoms with Crippen molar-refractivity contribution in [1.29, 1.82) is 0 Å². The number of benzene rings is 2. The van der Waals surface area contributed by atoms with Gasteiger partial charge < -0.3 is 19.6 Å². The van der Waals surface area contributed by atoms with E-state index in [1.54, 1.807) is 14.2 Å². The van der Waals surface area contributed by atoms with Gasteiger partial charge in [-0.25, -0.2) is 0 Å². The van der Waals surface area contributed by atoms with Gasteiger partial charge >= 0.3 is 0 Å². The van der Waals surface area contributed by atoms with E-state index in [9.17, 15) is 0 Å². The number of fused-ring (bicyclic) bond motifs is 1. The normalized spacial score (nSPS) is 12.3. The smallest absolute Gasteiger partial charge is 0.138 e. The second-order valence-corrected chi connectivity index (χ2v) is 4.81. The Labute approximate surface area is 123 Å². The molecule has 2 aromatic carbocycles. The van der Waals surface area contributed by atoms with E-state index < -0.39 is 0 Å². The van der Waals surface area contributed by atoms with E-state index >= 15 is 0 Å². The molecule has 4 nitrogen and oxygen atoms in total. The van der Waals surface area contributed by atoms with Crippen molar-refractivity contribution in [2.24, 2.45) is 5.73 Å². The fraction of sp³-hybridized carbons (Fsp3) is 0.176. The van der Waals surface area contributed by atoms with Crippen molar-refractivity contribution in [3.8, 4) is 11.5 Å². The fourth-order valence-corrected chi connectivity index (χ4v) is 2.31. The van der Waals surface area contributed by atoms with E-state index in [0.717, 1.165) is 28.0 Å². The summed E-state index contributed by atoms with van der Waals surface area (Å²) in [7, 11) is 3.27. The summed E-state index contributed by atoms with van der Waals surface area (Å²) in [5.74, 6) is 2.26. The van der Waals surface area contributed by atoms with Crippen LogP contribution in [-0.4, -0.2) is 14.2 Å². The predicted molar refractivity (Wildman–Crippen MR) is 81.8 cm³/mol. The third-order valence-corrected chi connectivity index (χ3v) is 3.51. The van der Waals surface area contributed by atoms with Crippen LogP contribution in [0.3, 0.4) is 0 Å². The van der Waals surface area contributed by atoms with Gasteiger partial charge in [-0.05, 0) is 35.9 Å². The van der Waals surface area contributed by atoms with Crippen LogP contribution in [0.5, 0.6) is 11.5 Å². The van der Waals surface area contributed by atoms with Gasteiger partial charge in [-0.15, -0.1) is 0 Å². The Hall–Kier alpha value is -2.46. The summed E-state index contributed by atoms with van der Waals surface area (Å²) in [6.45, 7) is 0. The summed E-state index contributed by atoms with van der Waals surface area (Å²) in [6.07, 6.45) is 0. The zero-order chi connectivity index (χ0) is 14.8. The largest absolute Gasteiger partial charge is 0.497 e. The minimum atomic E-state index is -0.335. The maximum absolute atomic E-state index is 6.29. The maximum atomic E-state index is 6.29. The first-order valence-corrected chi connectivity index (χ1v) is 6.68. The molecule has 0 amide bonds. The average Bonchev–Trinajstić information content (AvgIpc) is 2.97. The molecule has 4 heteroatoms. The third kappa shape index (κ3) is 2.58. The number of rotatable bonds is 4. The zero-order valence-electron chi connectivity index (χ0n) is 12.0. The molecule has 0 saturated carbocycles. The first-order chi connectivity index (χ1) is 10.2. The van der Waals surface area contributed by atoms with Crippen molar-refractivity contribution in [2.45, 2.75) is 6.04 Å². The Morgan fingerprint density at radius 3 is 2.48 bits per heavy atom. The number of furan rings is 1. The average molecular weight is 283 g/mol. The summed E-state index contributed by atoms with van der Waals surface area (Å²) in [4.78, 5) is 0. The lowest BCUT2D eigenvalue weighted by Gasteiger charge is -2.10. The monoisotopic (exact) mass is 283 g/mol. The zero-order valence-corrected chi connectivity index (χ0v) is 12.0. The Bertz CT molecular complexity index is 764. The summed E-state index contributed by atoms with van der Waals surface area (Å²) >= 11 is 0. The van der Waals surface area contributed by atoms with Crippen molar-refractivity contribution in [1.82, 2.24) is 0 Å². The van der Waals surface area contributed by atoms with Crippen molar-refractivity contribution in [3.63, 3.8) is 0 Å². The maximum Gasteiger partial charge on any atom is 0.138 e. The summed E-state index contributed by atoms with van der Waals surface area (Å²) in [5, 5.41) is 1.00. The van der Waals surface area contributed by atoms with Crippen LogP contribution in [0.2, 0.25) is 0 Å². The summed E-state index contributed by atoms with van der Waals surface area (Å²) in [6, 6.07) is 15.0. The van der Waals surface area contributed by atoms with E-state index in [1.165, 1.54) is 0 Å². The molecule has 108 valence electrons. The topological polar surface area (TPSA) is 57.6 Å². The SMILES string of the molecule is COc1cccc(C(N)c2cc3ccc(OC)cc3o2)c1. The van der Waals surface area contributed by atoms with Crippen LogP contribution in [0.25, 0.3) is 11.0 Å².